The van der Waals surface area contributed by atoms with Crippen molar-refractivity contribution in [2.45, 2.75) is 0 Å². The van der Waals surface area contributed by atoms with Crippen molar-refractivity contribution in [3.63, 3.8) is 0 Å². The molecule has 78 valence electrons. The highest BCUT2D eigenvalue weighted by atomic mass is 35.5. The predicted octanol–water partition coefficient (Wildman–Crippen LogP) is 2.72. The fourth-order valence-electron chi connectivity index (χ4n) is 1.31. The standard InChI is InChI=1S/C11H11ClN2O/c1-14-8-10(7-12)15-11(14)13-9-5-3-2-4-6-9/h2-7H,8H2,1H3/b10-7+,13-11?. The van der Waals surface area contributed by atoms with Gasteiger partial charge in [0.1, 0.15) is 5.76 Å². The zero-order valence-electron chi connectivity index (χ0n) is 8.35. The molecule has 3 nitrogen and oxygen atoms in total. The minimum Gasteiger partial charge on any atom is -0.427 e. The minimum atomic E-state index is 0.577. The van der Waals surface area contributed by atoms with Crippen LogP contribution in [0.3, 0.4) is 0 Å². The summed E-state index contributed by atoms with van der Waals surface area (Å²) in [6, 6.07) is 10.2. The fraction of sp³-hybridized carbons (Fsp3) is 0.182. The number of hydrogen-bond acceptors (Lipinski definition) is 2. The number of aliphatic imine (C=N–C) groups is 1. The summed E-state index contributed by atoms with van der Waals surface area (Å²) in [5, 5.41) is 0. The second-order valence-electron chi connectivity index (χ2n) is 3.26. The number of para-hydroxylation sites is 1. The van der Waals surface area contributed by atoms with Gasteiger partial charge in [-0.15, -0.1) is 0 Å². The first-order valence-corrected chi connectivity index (χ1v) is 5.05. The lowest BCUT2D eigenvalue weighted by Crippen LogP contribution is -2.19. The van der Waals surface area contributed by atoms with E-state index in [1.54, 1.807) is 0 Å². The van der Waals surface area contributed by atoms with Gasteiger partial charge >= 0.3 is 0 Å². The molecule has 0 aromatic heterocycles. The van der Waals surface area contributed by atoms with Crippen LogP contribution in [0.15, 0.2) is 46.6 Å². The third-order valence-electron chi connectivity index (χ3n) is 2.04. The molecule has 0 atom stereocenters. The Morgan fingerprint density at radius 3 is 2.73 bits per heavy atom. The van der Waals surface area contributed by atoms with E-state index in [0.29, 0.717) is 18.3 Å². The van der Waals surface area contributed by atoms with Crippen molar-refractivity contribution in [3.05, 3.63) is 41.6 Å². The number of amidine groups is 1. The number of nitrogens with zero attached hydrogens (tertiary/aromatic N) is 2. The van der Waals surface area contributed by atoms with Crippen molar-refractivity contribution in [1.82, 2.24) is 4.90 Å². The molecule has 1 aromatic rings. The van der Waals surface area contributed by atoms with E-state index in [1.807, 2.05) is 42.3 Å². The molecule has 0 amide bonds. The summed E-state index contributed by atoms with van der Waals surface area (Å²) in [7, 11) is 1.91. The lowest BCUT2D eigenvalue weighted by atomic mass is 10.3. The molecule has 0 N–H and O–H groups in total. The van der Waals surface area contributed by atoms with E-state index in [1.165, 1.54) is 5.54 Å². The molecule has 0 saturated carbocycles. The Labute approximate surface area is 93.6 Å². The quantitative estimate of drug-likeness (QED) is 0.730. The summed E-state index contributed by atoms with van der Waals surface area (Å²) in [5.74, 6) is 0.717. The predicted molar refractivity (Wildman–Crippen MR) is 61.2 cm³/mol. The van der Waals surface area contributed by atoms with E-state index in [2.05, 4.69) is 4.99 Å². The number of hydrogen-bond donors (Lipinski definition) is 0. The Morgan fingerprint density at radius 2 is 2.13 bits per heavy atom. The van der Waals surface area contributed by atoms with Gasteiger partial charge in [0, 0.05) is 12.6 Å². The fourth-order valence-corrected chi connectivity index (χ4v) is 1.42. The number of likely N-dealkylation sites (N-methyl/N-ethyl adjacent to an activating group) is 1. The van der Waals surface area contributed by atoms with Crippen LogP contribution in [0.4, 0.5) is 5.69 Å². The lowest BCUT2D eigenvalue weighted by Gasteiger charge is -2.06. The molecule has 1 saturated heterocycles. The monoisotopic (exact) mass is 222 g/mol. The molecule has 1 fully saturated rings. The van der Waals surface area contributed by atoms with Crippen molar-refractivity contribution >= 4 is 23.3 Å². The van der Waals surface area contributed by atoms with E-state index in [-0.39, 0.29) is 0 Å². The first kappa shape index (κ1) is 10.1. The maximum absolute atomic E-state index is 5.57. The Bertz CT molecular complexity index is 400. The zero-order chi connectivity index (χ0) is 10.7. The average Bonchev–Trinajstić information content (AvgIpc) is 2.61. The highest BCUT2D eigenvalue weighted by molar-refractivity contribution is 6.25. The van der Waals surface area contributed by atoms with Crippen LogP contribution < -0.4 is 0 Å². The molecule has 0 aliphatic carbocycles. The van der Waals surface area contributed by atoms with Crippen molar-refractivity contribution in [3.8, 4) is 0 Å². The summed E-state index contributed by atoms with van der Waals surface area (Å²) in [6.45, 7) is 0.662. The van der Waals surface area contributed by atoms with Crippen molar-refractivity contribution in [2.24, 2.45) is 4.99 Å². The van der Waals surface area contributed by atoms with Gasteiger partial charge in [-0.1, -0.05) is 29.8 Å². The van der Waals surface area contributed by atoms with Crippen LogP contribution in [-0.4, -0.2) is 24.5 Å². The van der Waals surface area contributed by atoms with Crippen LogP contribution in [-0.2, 0) is 4.74 Å². The molecule has 2 rings (SSSR count). The Morgan fingerprint density at radius 1 is 1.40 bits per heavy atom. The normalized spacial score (nSPS) is 21.1. The van der Waals surface area contributed by atoms with Crippen LogP contribution in [0.25, 0.3) is 0 Å². The van der Waals surface area contributed by atoms with Gasteiger partial charge in [0.2, 0.25) is 0 Å². The third kappa shape index (κ3) is 2.30. The molecule has 0 spiro atoms. The van der Waals surface area contributed by atoms with Crippen LogP contribution >= 0.6 is 11.6 Å². The van der Waals surface area contributed by atoms with Crippen LogP contribution in [0, 0.1) is 0 Å². The van der Waals surface area contributed by atoms with Gasteiger partial charge < -0.3 is 9.64 Å². The summed E-state index contributed by atoms with van der Waals surface area (Å²) in [4.78, 5) is 6.26. The topological polar surface area (TPSA) is 24.8 Å². The molecule has 1 heterocycles. The van der Waals surface area contributed by atoms with Crippen LogP contribution in [0.5, 0.6) is 0 Å². The van der Waals surface area contributed by atoms with E-state index in [4.69, 9.17) is 16.3 Å². The first-order valence-electron chi connectivity index (χ1n) is 4.61. The van der Waals surface area contributed by atoms with Gasteiger partial charge in [0.05, 0.1) is 12.2 Å². The summed E-state index contributed by atoms with van der Waals surface area (Å²) in [6.07, 6.45) is 0. The van der Waals surface area contributed by atoms with Crippen LogP contribution in [0.2, 0.25) is 0 Å². The third-order valence-corrected chi connectivity index (χ3v) is 2.29. The molecule has 4 heteroatoms. The largest absolute Gasteiger partial charge is 0.427 e. The second kappa shape index (κ2) is 4.36. The molecular weight excluding hydrogens is 212 g/mol. The van der Waals surface area contributed by atoms with Crippen molar-refractivity contribution in [2.75, 3.05) is 13.6 Å². The molecular formula is C11H11ClN2O. The number of ether oxygens (including phenoxy) is 1. The maximum atomic E-state index is 5.57. The van der Waals surface area contributed by atoms with Crippen molar-refractivity contribution in [1.29, 1.82) is 0 Å². The van der Waals surface area contributed by atoms with Gasteiger partial charge in [-0.25, -0.2) is 0 Å². The zero-order valence-corrected chi connectivity index (χ0v) is 9.11. The second-order valence-corrected chi connectivity index (χ2v) is 3.48. The van der Waals surface area contributed by atoms with Gasteiger partial charge in [0.25, 0.3) is 6.02 Å². The summed E-state index contributed by atoms with van der Waals surface area (Å²) in [5.41, 5.74) is 2.31. The van der Waals surface area contributed by atoms with E-state index in [9.17, 15) is 0 Å². The Hall–Kier alpha value is -1.48. The van der Waals surface area contributed by atoms with E-state index < -0.39 is 0 Å². The summed E-state index contributed by atoms with van der Waals surface area (Å²) >= 11 is 5.57. The summed E-state index contributed by atoms with van der Waals surface area (Å²) < 4.78 is 5.43. The highest BCUT2D eigenvalue weighted by Gasteiger charge is 2.20. The molecule has 0 unspecified atom stereocenters. The van der Waals surface area contributed by atoms with Crippen LogP contribution in [0.1, 0.15) is 0 Å². The smallest absolute Gasteiger partial charge is 0.298 e. The van der Waals surface area contributed by atoms with E-state index in [0.717, 1.165) is 5.69 Å². The molecule has 1 aromatic carbocycles. The maximum Gasteiger partial charge on any atom is 0.298 e. The van der Waals surface area contributed by atoms with E-state index >= 15 is 0 Å². The van der Waals surface area contributed by atoms with Gasteiger partial charge in [-0.2, -0.15) is 4.99 Å². The molecule has 1 aliphatic rings. The molecule has 1 aliphatic heterocycles. The molecule has 15 heavy (non-hydrogen) atoms. The average molecular weight is 223 g/mol. The van der Waals surface area contributed by atoms with Gasteiger partial charge in [-0.05, 0) is 12.1 Å². The number of rotatable bonds is 1. The lowest BCUT2D eigenvalue weighted by molar-refractivity contribution is 0.433. The van der Waals surface area contributed by atoms with Gasteiger partial charge in [0.15, 0.2) is 0 Å². The molecule has 0 radical (unpaired) electrons. The Balaban J connectivity index is 2.22. The highest BCUT2D eigenvalue weighted by Crippen LogP contribution is 2.18. The van der Waals surface area contributed by atoms with Gasteiger partial charge in [-0.3, -0.25) is 0 Å². The first-order chi connectivity index (χ1) is 7.29. The number of halogens is 1. The minimum absolute atomic E-state index is 0.577. The number of benzene rings is 1. The van der Waals surface area contributed by atoms with Crippen molar-refractivity contribution < 1.29 is 4.74 Å². The molecule has 0 bridgehead atoms. The SMILES string of the molecule is CN1C/C(=C\Cl)OC1=Nc1ccccc1. The Kier molecular flexibility index (Phi) is 2.92.